The van der Waals surface area contributed by atoms with E-state index in [0.29, 0.717) is 17.3 Å². The van der Waals surface area contributed by atoms with Gasteiger partial charge in [0.2, 0.25) is 0 Å². The third kappa shape index (κ3) is 4.95. The molecular weight excluding hydrogens is 431 g/mol. The molecule has 0 aliphatic carbocycles. The molecule has 33 heavy (non-hydrogen) atoms. The Morgan fingerprint density at radius 1 is 1.09 bits per heavy atom. The third-order valence-corrected chi connectivity index (χ3v) is 6.37. The Hall–Kier alpha value is -2.74. The molecular formula is C25H30F3N3O2. The summed E-state index contributed by atoms with van der Waals surface area (Å²) >= 11 is 0. The lowest BCUT2D eigenvalue weighted by molar-refractivity contribution is -0.274. The van der Waals surface area contributed by atoms with Gasteiger partial charge in [0, 0.05) is 30.4 Å². The molecule has 4 rings (SSSR count). The molecule has 178 valence electrons. The number of likely N-dealkylation sites (tertiary alicyclic amines) is 1. The normalized spacial score (nSPS) is 15.8. The number of methoxy groups -OCH3 is 1. The number of benzene rings is 1. The van der Waals surface area contributed by atoms with Crippen molar-refractivity contribution in [2.24, 2.45) is 0 Å². The van der Waals surface area contributed by atoms with Crippen LogP contribution < -0.4 is 9.47 Å². The SMILES string of the molecule is CC[C@@H](CN1CCCC1)n1cc(C)c2nc(-c3ccc(OC(F)(F)F)cc3OC)c(C)cc21. The summed E-state index contributed by atoms with van der Waals surface area (Å²) in [6, 6.07) is 6.58. The number of pyridine rings is 1. The fraction of sp³-hybridized carbons (Fsp3) is 0.480. The molecule has 0 spiro atoms. The van der Waals surface area contributed by atoms with Crippen molar-refractivity contribution in [2.75, 3.05) is 26.7 Å². The molecule has 0 unspecified atom stereocenters. The van der Waals surface area contributed by atoms with Crippen molar-refractivity contribution in [1.82, 2.24) is 14.5 Å². The van der Waals surface area contributed by atoms with E-state index in [4.69, 9.17) is 9.72 Å². The lowest BCUT2D eigenvalue weighted by Crippen LogP contribution is -2.28. The molecule has 0 amide bonds. The Bertz CT molecular complexity index is 1130. The van der Waals surface area contributed by atoms with Gasteiger partial charge >= 0.3 is 6.36 Å². The summed E-state index contributed by atoms with van der Waals surface area (Å²) in [5, 5.41) is 0. The molecule has 1 saturated heterocycles. The first kappa shape index (κ1) is 23.4. The van der Waals surface area contributed by atoms with Crippen LogP contribution in [-0.2, 0) is 0 Å². The molecule has 1 atom stereocenters. The summed E-state index contributed by atoms with van der Waals surface area (Å²) in [7, 11) is 1.43. The number of hydrogen-bond donors (Lipinski definition) is 0. The largest absolute Gasteiger partial charge is 0.573 e. The molecule has 0 N–H and O–H groups in total. The van der Waals surface area contributed by atoms with Crippen molar-refractivity contribution >= 4 is 11.0 Å². The first-order valence-corrected chi connectivity index (χ1v) is 11.4. The summed E-state index contributed by atoms with van der Waals surface area (Å²) in [6.45, 7) is 9.56. The number of alkyl halides is 3. The Morgan fingerprint density at radius 2 is 1.82 bits per heavy atom. The van der Waals surface area contributed by atoms with Crippen LogP contribution in [0.3, 0.4) is 0 Å². The molecule has 1 aromatic carbocycles. The molecule has 3 aromatic rings. The number of rotatable bonds is 7. The van der Waals surface area contributed by atoms with E-state index in [1.165, 1.54) is 32.1 Å². The maximum absolute atomic E-state index is 12.6. The molecule has 0 radical (unpaired) electrons. The van der Waals surface area contributed by atoms with E-state index < -0.39 is 6.36 Å². The Labute approximate surface area is 192 Å². The van der Waals surface area contributed by atoms with Gasteiger partial charge in [0.1, 0.15) is 11.5 Å². The van der Waals surface area contributed by atoms with Crippen LogP contribution in [0.2, 0.25) is 0 Å². The predicted octanol–water partition coefficient (Wildman–Crippen LogP) is 6.27. The summed E-state index contributed by atoms with van der Waals surface area (Å²) in [4.78, 5) is 7.48. The van der Waals surface area contributed by atoms with Gasteiger partial charge < -0.3 is 18.9 Å². The van der Waals surface area contributed by atoms with E-state index >= 15 is 0 Å². The van der Waals surface area contributed by atoms with Crippen LogP contribution in [0.25, 0.3) is 22.3 Å². The first-order chi connectivity index (χ1) is 15.7. The van der Waals surface area contributed by atoms with Crippen LogP contribution in [0.15, 0.2) is 30.5 Å². The fourth-order valence-electron chi connectivity index (χ4n) is 4.74. The highest BCUT2D eigenvalue weighted by atomic mass is 19.4. The van der Waals surface area contributed by atoms with Crippen LogP contribution in [-0.4, -0.2) is 47.6 Å². The minimum Gasteiger partial charge on any atom is -0.496 e. The van der Waals surface area contributed by atoms with Gasteiger partial charge in [-0.15, -0.1) is 13.2 Å². The average molecular weight is 462 g/mol. The third-order valence-electron chi connectivity index (χ3n) is 6.37. The smallest absolute Gasteiger partial charge is 0.496 e. The summed E-state index contributed by atoms with van der Waals surface area (Å²) in [5.41, 5.74) is 5.29. The van der Waals surface area contributed by atoms with Crippen LogP contribution in [0, 0.1) is 13.8 Å². The number of aromatic nitrogens is 2. The van der Waals surface area contributed by atoms with Gasteiger partial charge in [-0.2, -0.15) is 0 Å². The zero-order valence-electron chi connectivity index (χ0n) is 19.5. The lowest BCUT2D eigenvalue weighted by Gasteiger charge is -2.25. The number of hydrogen-bond acceptors (Lipinski definition) is 4. The van der Waals surface area contributed by atoms with Crippen molar-refractivity contribution in [2.45, 2.75) is 52.4 Å². The highest BCUT2D eigenvalue weighted by Crippen LogP contribution is 2.37. The number of fused-ring (bicyclic) bond motifs is 1. The Balaban J connectivity index is 1.73. The second-order valence-corrected chi connectivity index (χ2v) is 8.72. The van der Waals surface area contributed by atoms with Gasteiger partial charge in [0.15, 0.2) is 0 Å². The maximum Gasteiger partial charge on any atom is 0.573 e. The lowest BCUT2D eigenvalue weighted by atomic mass is 10.0. The van der Waals surface area contributed by atoms with Gasteiger partial charge in [-0.3, -0.25) is 0 Å². The van der Waals surface area contributed by atoms with Gasteiger partial charge in [-0.25, -0.2) is 4.98 Å². The molecule has 8 heteroatoms. The predicted molar refractivity (Wildman–Crippen MR) is 123 cm³/mol. The number of ether oxygens (including phenoxy) is 2. The first-order valence-electron chi connectivity index (χ1n) is 11.4. The minimum absolute atomic E-state index is 0.282. The molecule has 5 nitrogen and oxygen atoms in total. The van der Waals surface area contributed by atoms with Crippen molar-refractivity contribution in [3.05, 3.63) is 41.6 Å². The Kier molecular flexibility index (Phi) is 6.56. The van der Waals surface area contributed by atoms with Crippen molar-refractivity contribution < 1.29 is 22.6 Å². The highest BCUT2D eigenvalue weighted by molar-refractivity contribution is 5.85. The second-order valence-electron chi connectivity index (χ2n) is 8.72. The quantitative estimate of drug-likeness (QED) is 0.416. The minimum atomic E-state index is -4.76. The number of halogens is 3. The average Bonchev–Trinajstić information content (AvgIpc) is 3.38. The molecule has 3 heterocycles. The van der Waals surface area contributed by atoms with Crippen molar-refractivity contribution in [1.29, 1.82) is 0 Å². The van der Waals surface area contributed by atoms with Crippen LogP contribution in [0.1, 0.15) is 43.4 Å². The van der Waals surface area contributed by atoms with E-state index in [9.17, 15) is 13.2 Å². The van der Waals surface area contributed by atoms with Gasteiger partial charge in [0.05, 0.1) is 23.8 Å². The monoisotopic (exact) mass is 461 g/mol. The van der Waals surface area contributed by atoms with Crippen molar-refractivity contribution in [3.8, 4) is 22.8 Å². The molecule has 1 aliphatic rings. The van der Waals surface area contributed by atoms with Crippen LogP contribution in [0.4, 0.5) is 13.2 Å². The zero-order chi connectivity index (χ0) is 23.8. The summed E-state index contributed by atoms with van der Waals surface area (Å²) < 4.78 is 49.7. The molecule has 0 saturated carbocycles. The van der Waals surface area contributed by atoms with E-state index in [2.05, 4.69) is 33.4 Å². The maximum atomic E-state index is 12.6. The van der Waals surface area contributed by atoms with E-state index in [0.717, 1.165) is 48.2 Å². The standard InChI is InChI=1S/C25H30F3N3O2/c1-5-18(15-30-10-6-7-11-30)31-14-17(3)24-21(31)12-16(2)23(29-24)20-9-8-19(13-22(20)32-4)33-25(26,27)28/h8-9,12-14,18H,5-7,10-11,15H2,1-4H3/t18-/m0/s1. The fourth-order valence-corrected chi connectivity index (χ4v) is 4.74. The molecule has 0 bridgehead atoms. The highest BCUT2D eigenvalue weighted by Gasteiger charge is 2.31. The van der Waals surface area contributed by atoms with Crippen LogP contribution >= 0.6 is 0 Å². The van der Waals surface area contributed by atoms with Gasteiger partial charge in [-0.1, -0.05) is 6.92 Å². The summed E-state index contributed by atoms with van der Waals surface area (Å²) in [5.74, 6) is -0.0406. The van der Waals surface area contributed by atoms with E-state index in [1.807, 2.05) is 13.8 Å². The van der Waals surface area contributed by atoms with E-state index in [1.54, 1.807) is 6.07 Å². The second kappa shape index (κ2) is 9.25. The number of nitrogens with zero attached hydrogens (tertiary/aromatic N) is 3. The van der Waals surface area contributed by atoms with Crippen molar-refractivity contribution in [3.63, 3.8) is 0 Å². The van der Waals surface area contributed by atoms with Gasteiger partial charge in [0.25, 0.3) is 0 Å². The van der Waals surface area contributed by atoms with Crippen LogP contribution in [0.5, 0.6) is 11.5 Å². The molecule has 2 aromatic heterocycles. The Morgan fingerprint density at radius 3 is 2.45 bits per heavy atom. The number of aryl methyl sites for hydroxylation is 2. The molecule has 1 aliphatic heterocycles. The van der Waals surface area contributed by atoms with E-state index in [-0.39, 0.29) is 11.5 Å². The zero-order valence-corrected chi connectivity index (χ0v) is 19.5. The van der Waals surface area contributed by atoms with Gasteiger partial charge in [-0.05, 0) is 75.5 Å². The topological polar surface area (TPSA) is 39.5 Å². The summed E-state index contributed by atoms with van der Waals surface area (Å²) in [6.07, 6.45) is 0.962. The molecule has 1 fully saturated rings.